The van der Waals surface area contributed by atoms with Crippen molar-refractivity contribution in [2.45, 2.75) is 38.3 Å². The number of rotatable bonds is 5. The fraction of sp³-hybridized carbons (Fsp3) is 0.350. The molecule has 7 nitrogen and oxygen atoms in total. The number of nitrogens with zero attached hydrogens (tertiary/aromatic N) is 1. The standard InChI is InChI=1S/C20H19ClF3N3O4/c1-8-14(19(30)25-9-6-10(22)16(24)11(23)7-9)15(21)17(27(8)2)18(29)20(31)26-12-4-3-5-13(12)28/h6-7,12-13,28H,3-5H2,1-2H3,(H,25,30)(H,26,31)/t12-,13+/m1/s1. The Morgan fingerprint density at radius 2 is 1.77 bits per heavy atom. The maximum atomic E-state index is 13.4. The third kappa shape index (κ3) is 4.31. The van der Waals surface area contributed by atoms with Gasteiger partial charge in [-0.15, -0.1) is 0 Å². The largest absolute Gasteiger partial charge is 0.391 e. The van der Waals surface area contributed by atoms with Gasteiger partial charge in [0.05, 0.1) is 22.7 Å². The molecule has 2 atom stereocenters. The van der Waals surface area contributed by atoms with E-state index < -0.39 is 47.2 Å². The molecule has 11 heteroatoms. The normalized spacial score (nSPS) is 18.2. The molecule has 31 heavy (non-hydrogen) atoms. The van der Waals surface area contributed by atoms with Crippen LogP contribution in [0.4, 0.5) is 18.9 Å². The summed E-state index contributed by atoms with van der Waals surface area (Å²) in [6.45, 7) is 1.46. The fourth-order valence-corrected chi connectivity index (χ4v) is 3.98. The number of hydrogen-bond acceptors (Lipinski definition) is 4. The summed E-state index contributed by atoms with van der Waals surface area (Å²) in [7, 11) is 1.42. The van der Waals surface area contributed by atoms with E-state index in [4.69, 9.17) is 11.6 Å². The predicted octanol–water partition coefficient (Wildman–Crippen LogP) is 2.87. The van der Waals surface area contributed by atoms with Crippen LogP contribution in [0.3, 0.4) is 0 Å². The Bertz CT molecular complexity index is 1060. The van der Waals surface area contributed by atoms with Crippen LogP contribution < -0.4 is 10.6 Å². The van der Waals surface area contributed by atoms with Gasteiger partial charge in [0.1, 0.15) is 5.69 Å². The number of anilines is 1. The van der Waals surface area contributed by atoms with Crippen molar-refractivity contribution in [1.29, 1.82) is 0 Å². The molecule has 3 N–H and O–H groups in total. The Kier molecular flexibility index (Phi) is 6.42. The molecule has 0 saturated heterocycles. The molecule has 0 spiro atoms. The highest BCUT2D eigenvalue weighted by Gasteiger charge is 2.33. The monoisotopic (exact) mass is 457 g/mol. The summed E-state index contributed by atoms with van der Waals surface area (Å²) < 4.78 is 41.2. The Labute approximate surface area is 180 Å². The van der Waals surface area contributed by atoms with Crippen LogP contribution in [0.15, 0.2) is 12.1 Å². The molecule has 0 aliphatic heterocycles. The zero-order valence-corrected chi connectivity index (χ0v) is 17.3. The molecule has 2 amide bonds. The van der Waals surface area contributed by atoms with Gasteiger partial charge in [-0.2, -0.15) is 0 Å². The average molecular weight is 458 g/mol. The Balaban J connectivity index is 1.86. The van der Waals surface area contributed by atoms with Gasteiger partial charge in [-0.1, -0.05) is 11.6 Å². The van der Waals surface area contributed by atoms with Crippen molar-refractivity contribution in [3.8, 4) is 0 Å². The minimum absolute atomic E-state index is 0.189. The molecule has 1 aromatic heterocycles. The maximum absolute atomic E-state index is 13.4. The number of aromatic nitrogens is 1. The molecule has 1 saturated carbocycles. The molecule has 166 valence electrons. The first-order valence-corrected chi connectivity index (χ1v) is 9.74. The number of carbonyl (C=O) groups excluding carboxylic acids is 3. The van der Waals surface area contributed by atoms with Crippen LogP contribution in [0.5, 0.6) is 0 Å². The molecular weight excluding hydrogens is 439 g/mol. The molecule has 1 heterocycles. The Hall–Kier alpha value is -2.85. The number of benzene rings is 1. The topological polar surface area (TPSA) is 100 Å². The minimum atomic E-state index is -1.68. The second-order valence-corrected chi connectivity index (χ2v) is 7.68. The molecule has 0 radical (unpaired) electrons. The summed E-state index contributed by atoms with van der Waals surface area (Å²) >= 11 is 6.23. The van der Waals surface area contributed by atoms with Crippen molar-refractivity contribution in [3.05, 3.63) is 51.6 Å². The molecule has 0 unspecified atom stereocenters. The zero-order valence-electron chi connectivity index (χ0n) is 16.6. The summed E-state index contributed by atoms with van der Waals surface area (Å²) in [5.74, 6) is -7.57. The quantitative estimate of drug-likeness (QED) is 0.365. The lowest BCUT2D eigenvalue weighted by molar-refractivity contribution is -0.118. The molecule has 3 rings (SSSR count). The summed E-state index contributed by atoms with van der Waals surface area (Å²) in [6, 6.07) is 0.631. The SMILES string of the molecule is Cc1c(C(=O)Nc2cc(F)c(F)c(F)c2)c(Cl)c(C(=O)C(=O)N[C@@H]2CCC[C@@H]2O)n1C. The summed E-state index contributed by atoms with van der Waals surface area (Å²) in [5, 5.41) is 14.2. The van der Waals surface area contributed by atoms with E-state index in [-0.39, 0.29) is 27.7 Å². The molecule has 1 fully saturated rings. The first-order valence-electron chi connectivity index (χ1n) is 9.36. The van der Waals surface area contributed by atoms with E-state index in [1.165, 1.54) is 18.5 Å². The number of Topliss-reactive ketones (excluding diaryl/α,β-unsaturated/α-hetero) is 1. The summed E-state index contributed by atoms with van der Waals surface area (Å²) in [6.07, 6.45) is 0.996. The van der Waals surface area contributed by atoms with Gasteiger partial charge in [0.25, 0.3) is 17.6 Å². The number of aliphatic hydroxyl groups excluding tert-OH is 1. The van der Waals surface area contributed by atoms with Crippen molar-refractivity contribution in [2.75, 3.05) is 5.32 Å². The lowest BCUT2D eigenvalue weighted by atomic mass is 10.1. The van der Waals surface area contributed by atoms with Gasteiger partial charge >= 0.3 is 0 Å². The van der Waals surface area contributed by atoms with Crippen LogP contribution in [0.2, 0.25) is 5.02 Å². The summed E-state index contributed by atoms with van der Waals surface area (Å²) in [5.41, 5.74) is -0.596. The minimum Gasteiger partial charge on any atom is -0.391 e. The van der Waals surface area contributed by atoms with E-state index in [2.05, 4.69) is 10.6 Å². The molecule has 2 aromatic rings. The second-order valence-electron chi connectivity index (χ2n) is 7.30. The van der Waals surface area contributed by atoms with Gasteiger partial charge in [-0.05, 0) is 26.2 Å². The van der Waals surface area contributed by atoms with Crippen molar-refractivity contribution in [3.63, 3.8) is 0 Å². The van der Waals surface area contributed by atoms with E-state index in [1.54, 1.807) is 0 Å². The molecule has 1 aromatic carbocycles. The van der Waals surface area contributed by atoms with Gasteiger partial charge in [-0.3, -0.25) is 14.4 Å². The van der Waals surface area contributed by atoms with Gasteiger partial charge in [0.2, 0.25) is 0 Å². The lowest BCUT2D eigenvalue weighted by Gasteiger charge is -2.16. The van der Waals surface area contributed by atoms with Crippen molar-refractivity contribution >= 4 is 34.9 Å². The highest BCUT2D eigenvalue weighted by atomic mass is 35.5. The number of aliphatic hydroxyl groups is 1. The highest BCUT2D eigenvalue weighted by Crippen LogP contribution is 2.29. The van der Waals surface area contributed by atoms with Crippen molar-refractivity contribution < 1.29 is 32.7 Å². The van der Waals surface area contributed by atoms with E-state index in [9.17, 15) is 32.7 Å². The van der Waals surface area contributed by atoms with Crippen LogP contribution in [0, 0.1) is 24.4 Å². The molecular formula is C20H19ClF3N3O4. The number of amides is 2. The first-order chi connectivity index (χ1) is 14.5. The molecule has 1 aliphatic rings. The van der Waals surface area contributed by atoms with Crippen molar-refractivity contribution in [1.82, 2.24) is 9.88 Å². The van der Waals surface area contributed by atoms with Crippen LogP contribution in [0.1, 0.15) is 45.8 Å². The number of ketones is 1. The van der Waals surface area contributed by atoms with Crippen LogP contribution in [-0.2, 0) is 11.8 Å². The molecule has 1 aliphatic carbocycles. The maximum Gasteiger partial charge on any atom is 0.294 e. The van der Waals surface area contributed by atoms with Crippen LogP contribution >= 0.6 is 11.6 Å². The number of halogens is 4. The van der Waals surface area contributed by atoms with Crippen molar-refractivity contribution in [2.24, 2.45) is 7.05 Å². The number of hydrogen-bond donors (Lipinski definition) is 3. The third-order valence-electron chi connectivity index (χ3n) is 5.31. The predicted molar refractivity (Wildman–Crippen MR) is 106 cm³/mol. The average Bonchev–Trinajstić information content (AvgIpc) is 3.19. The third-order valence-corrected chi connectivity index (χ3v) is 5.68. The van der Waals surface area contributed by atoms with E-state index in [1.807, 2.05) is 0 Å². The number of carbonyl (C=O) groups is 3. The highest BCUT2D eigenvalue weighted by molar-refractivity contribution is 6.48. The second kappa shape index (κ2) is 8.72. The Morgan fingerprint density at radius 1 is 1.16 bits per heavy atom. The Morgan fingerprint density at radius 3 is 2.32 bits per heavy atom. The number of nitrogens with one attached hydrogen (secondary N) is 2. The fourth-order valence-electron chi connectivity index (χ4n) is 3.55. The van der Waals surface area contributed by atoms with Gasteiger partial charge in [0, 0.05) is 30.6 Å². The van der Waals surface area contributed by atoms with Gasteiger partial charge in [-0.25, -0.2) is 13.2 Å². The smallest absolute Gasteiger partial charge is 0.294 e. The van der Waals surface area contributed by atoms with E-state index in [0.29, 0.717) is 31.4 Å². The lowest BCUT2D eigenvalue weighted by Crippen LogP contribution is -2.43. The first kappa shape index (κ1) is 22.8. The molecule has 0 bridgehead atoms. The van der Waals surface area contributed by atoms with E-state index in [0.717, 1.165) is 0 Å². The zero-order chi connectivity index (χ0) is 23.0. The van der Waals surface area contributed by atoms with Gasteiger partial charge < -0.3 is 20.3 Å². The van der Waals surface area contributed by atoms with E-state index >= 15 is 0 Å². The van der Waals surface area contributed by atoms with Crippen LogP contribution in [-0.4, -0.2) is 39.4 Å². The van der Waals surface area contributed by atoms with Crippen LogP contribution in [0.25, 0.3) is 0 Å². The summed E-state index contributed by atoms with van der Waals surface area (Å²) in [4.78, 5) is 37.7. The van der Waals surface area contributed by atoms with Gasteiger partial charge in [0.15, 0.2) is 17.5 Å².